The molecule has 0 unspecified atom stereocenters. The number of thiophene rings is 1. The van der Waals surface area contributed by atoms with Crippen LogP contribution in [0.2, 0.25) is 0 Å². The van der Waals surface area contributed by atoms with Crippen LogP contribution in [-0.4, -0.2) is 41.3 Å². The third-order valence-electron chi connectivity index (χ3n) is 5.50. The van der Waals surface area contributed by atoms with Gasteiger partial charge in [-0.1, -0.05) is 0 Å². The Hall–Kier alpha value is -2.21. The van der Waals surface area contributed by atoms with Gasteiger partial charge in [-0.3, -0.25) is 14.6 Å². The van der Waals surface area contributed by atoms with Gasteiger partial charge >= 0.3 is 0 Å². The predicted molar refractivity (Wildman–Crippen MR) is 97.8 cm³/mol. The third-order valence-corrected chi connectivity index (χ3v) is 6.17. The number of hydrogen-bond donors (Lipinski definition) is 0. The Morgan fingerprint density at radius 2 is 1.92 bits per heavy atom. The van der Waals surface area contributed by atoms with Crippen molar-refractivity contribution in [2.75, 3.05) is 24.5 Å². The van der Waals surface area contributed by atoms with Crippen molar-refractivity contribution < 1.29 is 9.59 Å². The van der Waals surface area contributed by atoms with Crippen molar-refractivity contribution in [1.29, 1.82) is 0 Å². The minimum Gasteiger partial charge on any atom is -0.339 e. The fourth-order valence-electron chi connectivity index (χ4n) is 3.86. The van der Waals surface area contributed by atoms with Gasteiger partial charge in [-0.05, 0) is 49.8 Å². The van der Waals surface area contributed by atoms with E-state index in [2.05, 4.69) is 4.98 Å². The maximum absolute atomic E-state index is 13.0. The first-order chi connectivity index (χ1) is 12.1. The summed E-state index contributed by atoms with van der Waals surface area (Å²) >= 11 is 1.61. The summed E-state index contributed by atoms with van der Waals surface area (Å²) in [5.74, 6) is 0.248. The van der Waals surface area contributed by atoms with Crippen LogP contribution in [0.5, 0.6) is 0 Å². The number of likely N-dealkylation sites (tertiary alicyclic amines) is 1. The molecule has 0 atom stereocenters. The summed E-state index contributed by atoms with van der Waals surface area (Å²) in [5, 5.41) is 4.03. The first-order valence-corrected chi connectivity index (χ1v) is 9.59. The van der Waals surface area contributed by atoms with Crippen molar-refractivity contribution in [2.45, 2.75) is 26.2 Å². The van der Waals surface area contributed by atoms with Crippen LogP contribution in [-0.2, 0) is 4.79 Å². The molecule has 2 aliphatic heterocycles. The number of aryl methyl sites for hydroxylation is 1. The van der Waals surface area contributed by atoms with Crippen LogP contribution >= 0.6 is 11.3 Å². The zero-order valence-electron chi connectivity index (χ0n) is 14.3. The highest BCUT2D eigenvalue weighted by atomic mass is 32.1. The molecule has 0 radical (unpaired) electrons. The molecule has 6 heteroatoms. The largest absolute Gasteiger partial charge is 0.339 e. The van der Waals surface area contributed by atoms with Crippen molar-refractivity contribution in [1.82, 2.24) is 9.88 Å². The fourth-order valence-corrected chi connectivity index (χ4v) is 4.50. The van der Waals surface area contributed by atoms with Crippen molar-refractivity contribution in [3.05, 3.63) is 46.4 Å². The molecule has 2 fully saturated rings. The van der Waals surface area contributed by atoms with Gasteiger partial charge in [0.1, 0.15) is 0 Å². The van der Waals surface area contributed by atoms with Crippen LogP contribution in [0.15, 0.2) is 35.2 Å². The summed E-state index contributed by atoms with van der Waals surface area (Å²) in [6.07, 6.45) is 4.02. The molecule has 130 valence electrons. The van der Waals surface area contributed by atoms with Crippen LogP contribution in [0.1, 0.15) is 35.3 Å². The lowest BCUT2D eigenvalue weighted by atomic mass is 9.77. The smallest absolute Gasteiger partial charge is 0.255 e. The molecular weight excluding hydrogens is 334 g/mol. The van der Waals surface area contributed by atoms with E-state index in [1.165, 1.54) is 0 Å². The zero-order valence-corrected chi connectivity index (χ0v) is 15.1. The quantitative estimate of drug-likeness (QED) is 0.832. The molecule has 2 aliphatic rings. The Kier molecular flexibility index (Phi) is 4.07. The lowest BCUT2D eigenvalue weighted by molar-refractivity contribution is -0.127. The molecule has 0 aromatic carbocycles. The average molecular weight is 355 g/mol. The second-order valence-corrected chi connectivity index (χ2v) is 7.73. The SMILES string of the molecule is Cc1ccc(C(=O)N2CCC3(CC2)CCN(c2ccsc2)C3=O)cn1. The number of anilines is 1. The summed E-state index contributed by atoms with van der Waals surface area (Å²) < 4.78 is 0. The summed E-state index contributed by atoms with van der Waals surface area (Å²) in [6, 6.07) is 5.69. The summed E-state index contributed by atoms with van der Waals surface area (Å²) in [4.78, 5) is 33.6. The van der Waals surface area contributed by atoms with Gasteiger partial charge in [0.15, 0.2) is 0 Å². The zero-order chi connectivity index (χ0) is 17.4. The van der Waals surface area contributed by atoms with Gasteiger partial charge in [0.2, 0.25) is 5.91 Å². The number of hydrogen-bond acceptors (Lipinski definition) is 4. The highest BCUT2D eigenvalue weighted by molar-refractivity contribution is 7.08. The van der Waals surface area contributed by atoms with Crippen molar-refractivity contribution in [3.63, 3.8) is 0 Å². The van der Waals surface area contributed by atoms with E-state index in [0.29, 0.717) is 18.7 Å². The van der Waals surface area contributed by atoms with E-state index in [4.69, 9.17) is 0 Å². The standard InChI is InChI=1S/C19H21N3O2S/c1-14-2-3-15(12-20-14)17(23)21-8-5-19(6-9-21)7-10-22(18(19)24)16-4-11-25-13-16/h2-4,11-13H,5-10H2,1H3. The lowest BCUT2D eigenvalue weighted by Crippen LogP contribution is -2.46. The Morgan fingerprint density at radius 3 is 2.56 bits per heavy atom. The fraction of sp³-hybridized carbons (Fsp3) is 0.421. The Balaban J connectivity index is 1.44. The maximum Gasteiger partial charge on any atom is 0.255 e. The molecular formula is C19H21N3O2S. The van der Waals surface area contributed by atoms with Gasteiger partial charge in [-0.25, -0.2) is 0 Å². The third kappa shape index (κ3) is 2.84. The van der Waals surface area contributed by atoms with Gasteiger partial charge in [-0.2, -0.15) is 11.3 Å². The molecule has 0 bridgehead atoms. The van der Waals surface area contributed by atoms with E-state index in [0.717, 1.165) is 37.2 Å². The van der Waals surface area contributed by atoms with E-state index in [1.54, 1.807) is 17.5 Å². The van der Waals surface area contributed by atoms with Gasteiger partial charge < -0.3 is 9.80 Å². The van der Waals surface area contributed by atoms with E-state index < -0.39 is 0 Å². The maximum atomic E-state index is 13.0. The van der Waals surface area contributed by atoms with Crippen molar-refractivity contribution >= 4 is 28.8 Å². The van der Waals surface area contributed by atoms with E-state index >= 15 is 0 Å². The molecule has 5 nitrogen and oxygen atoms in total. The molecule has 2 aromatic heterocycles. The van der Waals surface area contributed by atoms with E-state index in [9.17, 15) is 9.59 Å². The van der Waals surface area contributed by atoms with Gasteiger partial charge in [0, 0.05) is 36.9 Å². The summed E-state index contributed by atoms with van der Waals surface area (Å²) in [5.41, 5.74) is 2.25. The van der Waals surface area contributed by atoms with Crippen LogP contribution in [0.3, 0.4) is 0 Å². The number of carbonyl (C=O) groups excluding carboxylic acids is 2. The second-order valence-electron chi connectivity index (χ2n) is 6.95. The Labute approximate surface area is 151 Å². The number of nitrogens with zero attached hydrogens (tertiary/aromatic N) is 3. The van der Waals surface area contributed by atoms with Crippen LogP contribution in [0.4, 0.5) is 5.69 Å². The van der Waals surface area contributed by atoms with Gasteiger partial charge in [-0.15, -0.1) is 0 Å². The lowest BCUT2D eigenvalue weighted by Gasteiger charge is -2.37. The first kappa shape index (κ1) is 16.3. The highest BCUT2D eigenvalue weighted by Crippen LogP contribution is 2.43. The highest BCUT2D eigenvalue weighted by Gasteiger charge is 2.49. The molecule has 0 saturated carbocycles. The average Bonchev–Trinajstić information content (AvgIpc) is 3.26. The molecule has 4 rings (SSSR count). The second kappa shape index (κ2) is 6.26. The Bertz CT molecular complexity index is 778. The summed E-state index contributed by atoms with van der Waals surface area (Å²) in [7, 11) is 0. The molecule has 25 heavy (non-hydrogen) atoms. The number of aromatic nitrogens is 1. The predicted octanol–water partition coefficient (Wildman–Crippen LogP) is 3.11. The van der Waals surface area contributed by atoms with Crippen LogP contribution in [0, 0.1) is 12.3 Å². The van der Waals surface area contributed by atoms with Gasteiger partial charge in [0.05, 0.1) is 16.7 Å². The molecule has 2 aromatic rings. The number of amides is 2. The topological polar surface area (TPSA) is 53.5 Å². The number of piperidine rings is 1. The van der Waals surface area contributed by atoms with Crippen molar-refractivity contribution in [2.24, 2.45) is 5.41 Å². The molecule has 2 amide bonds. The minimum absolute atomic E-state index is 0.0162. The number of carbonyl (C=O) groups is 2. The van der Waals surface area contributed by atoms with Crippen LogP contribution < -0.4 is 4.90 Å². The summed E-state index contributed by atoms with van der Waals surface area (Å²) in [6.45, 7) is 3.96. The van der Waals surface area contributed by atoms with E-state index in [-0.39, 0.29) is 17.2 Å². The van der Waals surface area contributed by atoms with E-state index in [1.807, 2.05) is 45.7 Å². The Morgan fingerprint density at radius 1 is 1.16 bits per heavy atom. The van der Waals surface area contributed by atoms with Crippen LogP contribution in [0.25, 0.3) is 0 Å². The van der Waals surface area contributed by atoms with Crippen molar-refractivity contribution in [3.8, 4) is 0 Å². The number of rotatable bonds is 2. The molecule has 0 aliphatic carbocycles. The number of pyridine rings is 1. The molecule has 2 saturated heterocycles. The normalized spacial score (nSPS) is 19.6. The monoisotopic (exact) mass is 355 g/mol. The van der Waals surface area contributed by atoms with Gasteiger partial charge in [0.25, 0.3) is 5.91 Å². The molecule has 1 spiro atoms. The minimum atomic E-state index is -0.287. The molecule has 0 N–H and O–H groups in total. The first-order valence-electron chi connectivity index (χ1n) is 8.65. The molecule has 4 heterocycles.